The molecule has 0 bridgehead atoms. The SMILES string of the molecule is c1ccc(-n2c3ccccc3c3cc(-c4ccc(-c5cccc6c(-c7cccc8c(-c9cccc(-c%10cnc%11c%12ccccc%12c%12ccccc%12c%11n%10)c9)cccc78)cccc56)cc4)ccc32)cc1. The van der Waals surface area contributed by atoms with Crippen LogP contribution < -0.4 is 0 Å². The molecular weight excluding hydrogens is 835 g/mol. The number of para-hydroxylation sites is 2. The quantitative estimate of drug-likeness (QED) is 0.156. The predicted molar refractivity (Wildman–Crippen MR) is 291 cm³/mol. The van der Waals surface area contributed by atoms with Gasteiger partial charge in [-0.1, -0.05) is 206 Å². The second kappa shape index (κ2) is 15.7. The van der Waals surface area contributed by atoms with E-state index in [1.165, 1.54) is 98.8 Å². The van der Waals surface area contributed by atoms with Crippen LogP contribution in [-0.4, -0.2) is 14.5 Å². The first-order valence-corrected chi connectivity index (χ1v) is 23.6. The lowest BCUT2D eigenvalue weighted by Gasteiger charge is -2.15. The van der Waals surface area contributed by atoms with Crippen LogP contribution in [0.5, 0.6) is 0 Å². The summed E-state index contributed by atoms with van der Waals surface area (Å²) in [6, 6.07) is 88.0. The smallest absolute Gasteiger partial charge is 0.0979 e. The average molecular weight is 876 g/mol. The summed E-state index contributed by atoms with van der Waals surface area (Å²) in [4.78, 5) is 10.4. The van der Waals surface area contributed by atoms with Crippen molar-refractivity contribution in [2.24, 2.45) is 0 Å². The standard InChI is InChI=1S/C66H41N3/c1-2-17-47(18-3-1)69-63-32-9-8-21-58(63)61-40-44(37-38-64(61)69)42-33-35-43(36-34-42)48-24-11-28-52-50(48)26-13-30-54(52)55-31-14-27-51-49(25-12-29-53(51)55)45-15-10-16-46(39-45)62-41-67-65-59-22-6-4-19-56(59)57-20-5-7-23-60(57)66(65)68-62/h1-41H. The van der Waals surface area contributed by atoms with Crippen molar-refractivity contribution in [3.63, 3.8) is 0 Å². The van der Waals surface area contributed by atoms with Crippen molar-refractivity contribution >= 4 is 75.9 Å². The largest absolute Gasteiger partial charge is 0.309 e. The fraction of sp³-hybridized carbons (Fsp3) is 0. The maximum absolute atomic E-state index is 5.32. The van der Waals surface area contributed by atoms with Crippen LogP contribution >= 0.6 is 0 Å². The van der Waals surface area contributed by atoms with E-state index in [1.807, 2.05) is 6.20 Å². The average Bonchev–Trinajstić information content (AvgIpc) is 3.76. The van der Waals surface area contributed by atoms with Crippen molar-refractivity contribution in [3.8, 4) is 61.5 Å². The van der Waals surface area contributed by atoms with Crippen LogP contribution in [0.2, 0.25) is 0 Å². The zero-order valence-electron chi connectivity index (χ0n) is 37.5. The number of rotatable bonds is 6. The van der Waals surface area contributed by atoms with Gasteiger partial charge in [-0.25, -0.2) is 4.98 Å². The summed E-state index contributed by atoms with van der Waals surface area (Å²) in [5.74, 6) is 0. The lowest BCUT2D eigenvalue weighted by molar-refractivity contribution is 1.18. The van der Waals surface area contributed by atoms with Crippen LogP contribution in [-0.2, 0) is 0 Å². The first-order chi connectivity index (χ1) is 34.2. The van der Waals surface area contributed by atoms with Gasteiger partial charge in [0.15, 0.2) is 0 Å². The maximum atomic E-state index is 5.32. The van der Waals surface area contributed by atoms with Crippen molar-refractivity contribution in [2.45, 2.75) is 0 Å². The lowest BCUT2D eigenvalue weighted by Crippen LogP contribution is -1.92. The number of hydrogen-bond donors (Lipinski definition) is 0. The van der Waals surface area contributed by atoms with Gasteiger partial charge in [-0.2, -0.15) is 0 Å². The van der Waals surface area contributed by atoms with E-state index in [9.17, 15) is 0 Å². The molecule has 14 aromatic rings. The van der Waals surface area contributed by atoms with E-state index in [0.29, 0.717) is 0 Å². The van der Waals surface area contributed by atoms with Crippen molar-refractivity contribution in [3.05, 3.63) is 249 Å². The van der Waals surface area contributed by atoms with Crippen LogP contribution in [0.1, 0.15) is 0 Å². The summed E-state index contributed by atoms with van der Waals surface area (Å²) >= 11 is 0. The zero-order chi connectivity index (χ0) is 45.4. The Morgan fingerprint density at radius 2 is 0.739 bits per heavy atom. The van der Waals surface area contributed by atoms with Gasteiger partial charge in [-0.05, 0) is 113 Å². The van der Waals surface area contributed by atoms with Crippen molar-refractivity contribution in [2.75, 3.05) is 0 Å². The van der Waals surface area contributed by atoms with Gasteiger partial charge >= 0.3 is 0 Å². The van der Waals surface area contributed by atoms with E-state index in [-0.39, 0.29) is 0 Å². The summed E-state index contributed by atoms with van der Waals surface area (Å²) in [5.41, 5.74) is 16.9. The molecule has 0 aliphatic heterocycles. The van der Waals surface area contributed by atoms with E-state index in [1.54, 1.807) is 0 Å². The minimum atomic E-state index is 0.858. The van der Waals surface area contributed by atoms with Crippen molar-refractivity contribution in [1.82, 2.24) is 14.5 Å². The molecule has 0 spiro atoms. The first kappa shape index (κ1) is 39.0. The monoisotopic (exact) mass is 875 g/mol. The number of aromatic nitrogens is 3. The third-order valence-corrected chi connectivity index (χ3v) is 14.2. The molecule has 14 rings (SSSR count). The summed E-state index contributed by atoms with van der Waals surface area (Å²) < 4.78 is 2.37. The minimum absolute atomic E-state index is 0.858. The van der Waals surface area contributed by atoms with Crippen LogP contribution in [0, 0.1) is 0 Å². The second-order valence-corrected chi connectivity index (χ2v) is 18.0. The van der Waals surface area contributed by atoms with Crippen LogP contribution in [0.3, 0.4) is 0 Å². The Morgan fingerprint density at radius 1 is 0.261 bits per heavy atom. The van der Waals surface area contributed by atoms with Gasteiger partial charge in [-0.3, -0.25) is 4.98 Å². The molecule has 0 saturated heterocycles. The zero-order valence-corrected chi connectivity index (χ0v) is 37.5. The highest BCUT2D eigenvalue weighted by Gasteiger charge is 2.17. The molecule has 0 aliphatic rings. The predicted octanol–water partition coefficient (Wildman–Crippen LogP) is 17.7. The Kier molecular flexibility index (Phi) is 8.90. The molecule has 12 aromatic carbocycles. The molecule has 3 nitrogen and oxygen atoms in total. The topological polar surface area (TPSA) is 30.7 Å². The van der Waals surface area contributed by atoms with E-state index in [4.69, 9.17) is 9.97 Å². The third-order valence-electron chi connectivity index (χ3n) is 14.2. The molecule has 2 heterocycles. The highest BCUT2D eigenvalue weighted by Crippen LogP contribution is 2.42. The van der Waals surface area contributed by atoms with E-state index >= 15 is 0 Å². The normalized spacial score (nSPS) is 11.8. The minimum Gasteiger partial charge on any atom is -0.309 e. The van der Waals surface area contributed by atoms with Gasteiger partial charge in [-0.15, -0.1) is 0 Å². The molecule has 0 atom stereocenters. The first-order valence-electron chi connectivity index (χ1n) is 23.6. The summed E-state index contributed by atoms with van der Waals surface area (Å²) in [6.07, 6.45) is 1.93. The Morgan fingerprint density at radius 3 is 1.42 bits per heavy atom. The van der Waals surface area contributed by atoms with Gasteiger partial charge < -0.3 is 4.57 Å². The Bertz CT molecular complexity index is 4320. The molecular formula is C66H41N3. The fourth-order valence-electron chi connectivity index (χ4n) is 11.1. The molecule has 0 aliphatic carbocycles. The van der Waals surface area contributed by atoms with E-state index in [2.05, 4.69) is 247 Å². The Balaban J connectivity index is 0.817. The van der Waals surface area contributed by atoms with Gasteiger partial charge in [0.25, 0.3) is 0 Å². The van der Waals surface area contributed by atoms with Gasteiger partial charge in [0, 0.05) is 32.8 Å². The summed E-state index contributed by atoms with van der Waals surface area (Å²) in [5, 5.41) is 12.0. The fourth-order valence-corrected chi connectivity index (χ4v) is 11.1. The summed E-state index contributed by atoms with van der Waals surface area (Å²) in [6.45, 7) is 0. The molecule has 0 N–H and O–H groups in total. The van der Waals surface area contributed by atoms with Crippen LogP contribution in [0.25, 0.3) is 137 Å². The molecule has 69 heavy (non-hydrogen) atoms. The number of hydrogen-bond acceptors (Lipinski definition) is 2. The van der Waals surface area contributed by atoms with Crippen LogP contribution in [0.15, 0.2) is 249 Å². The molecule has 0 fully saturated rings. The highest BCUT2D eigenvalue weighted by molar-refractivity contribution is 6.23. The Labute approximate surface area is 398 Å². The van der Waals surface area contributed by atoms with Gasteiger partial charge in [0.05, 0.1) is 34.0 Å². The van der Waals surface area contributed by atoms with Gasteiger partial charge in [0.1, 0.15) is 0 Å². The third kappa shape index (κ3) is 6.29. The molecule has 3 heteroatoms. The lowest BCUT2D eigenvalue weighted by atomic mass is 9.89. The Hall–Kier alpha value is -9.18. The number of fused-ring (bicyclic) bond motifs is 11. The van der Waals surface area contributed by atoms with Crippen molar-refractivity contribution < 1.29 is 0 Å². The number of benzene rings is 12. The van der Waals surface area contributed by atoms with Crippen LogP contribution in [0.4, 0.5) is 0 Å². The molecule has 0 amide bonds. The second-order valence-electron chi connectivity index (χ2n) is 18.0. The maximum Gasteiger partial charge on any atom is 0.0979 e. The van der Waals surface area contributed by atoms with E-state index in [0.717, 1.165) is 38.6 Å². The van der Waals surface area contributed by atoms with Crippen molar-refractivity contribution in [1.29, 1.82) is 0 Å². The van der Waals surface area contributed by atoms with Gasteiger partial charge in [0.2, 0.25) is 0 Å². The summed E-state index contributed by atoms with van der Waals surface area (Å²) in [7, 11) is 0. The number of nitrogens with zero attached hydrogens (tertiary/aromatic N) is 3. The molecule has 320 valence electrons. The molecule has 0 unspecified atom stereocenters. The molecule has 2 aromatic heterocycles. The molecule has 0 saturated carbocycles. The van der Waals surface area contributed by atoms with E-state index < -0.39 is 0 Å². The highest BCUT2D eigenvalue weighted by atomic mass is 15.0. The molecule has 0 radical (unpaired) electrons.